The van der Waals surface area contributed by atoms with Crippen LogP contribution in [0.25, 0.3) is 0 Å². The van der Waals surface area contributed by atoms with Crippen LogP contribution in [0.1, 0.15) is 33.6 Å². The molecule has 0 fully saturated rings. The summed E-state index contributed by atoms with van der Waals surface area (Å²) in [5.41, 5.74) is 8.02. The fourth-order valence-electron chi connectivity index (χ4n) is 1.60. The molecular formula is C15H28N4O7. The summed E-state index contributed by atoms with van der Waals surface area (Å²) in [6.07, 6.45) is 0.0911. The van der Waals surface area contributed by atoms with Crippen LogP contribution in [0.4, 0.5) is 4.79 Å². The normalized spacial score (nSPS) is 12.1. The summed E-state index contributed by atoms with van der Waals surface area (Å²) in [7, 11) is 0. The van der Waals surface area contributed by atoms with Crippen LogP contribution in [0, 0.1) is 0 Å². The molecule has 0 saturated heterocycles. The van der Waals surface area contributed by atoms with Crippen molar-refractivity contribution in [3.8, 4) is 0 Å². The number of guanidine groups is 1. The Labute approximate surface area is 152 Å². The number of hydroxylamine groups is 1. The van der Waals surface area contributed by atoms with Crippen molar-refractivity contribution in [3.63, 3.8) is 0 Å². The highest BCUT2D eigenvalue weighted by molar-refractivity contribution is 5.93. The maximum Gasteiger partial charge on any atom is 0.413 e. The summed E-state index contributed by atoms with van der Waals surface area (Å²) in [6, 6.07) is -0.736. The molecule has 11 heteroatoms. The molecule has 4 N–H and O–H groups in total. The molecule has 0 aliphatic carbocycles. The predicted octanol–water partition coefficient (Wildman–Crippen LogP) is -0.157. The van der Waals surface area contributed by atoms with Crippen molar-refractivity contribution in [1.82, 2.24) is 10.8 Å². The Morgan fingerprint density at radius 1 is 1.04 bits per heavy atom. The molecule has 0 bridgehead atoms. The SMILES string of the molecule is CCOC(=O)CONC(=NCCC[C@H](N)C(=O)OCC)NC(=O)OCC. The minimum absolute atomic E-state index is 0.0440. The van der Waals surface area contributed by atoms with E-state index in [1.54, 1.807) is 20.8 Å². The fourth-order valence-corrected chi connectivity index (χ4v) is 1.60. The zero-order chi connectivity index (χ0) is 19.8. The van der Waals surface area contributed by atoms with E-state index in [0.717, 1.165) is 0 Å². The van der Waals surface area contributed by atoms with Crippen LogP contribution in [0.5, 0.6) is 0 Å². The van der Waals surface area contributed by atoms with E-state index >= 15 is 0 Å². The molecule has 0 rings (SSSR count). The molecule has 1 atom stereocenters. The van der Waals surface area contributed by atoms with Gasteiger partial charge < -0.3 is 19.9 Å². The Morgan fingerprint density at radius 3 is 2.31 bits per heavy atom. The first-order valence-corrected chi connectivity index (χ1v) is 8.38. The number of hydrogen-bond acceptors (Lipinski definition) is 9. The van der Waals surface area contributed by atoms with E-state index in [0.29, 0.717) is 12.8 Å². The second-order valence-corrected chi connectivity index (χ2v) is 4.77. The Hall–Kier alpha value is -2.40. The minimum Gasteiger partial charge on any atom is -0.465 e. The fraction of sp³-hybridized carbons (Fsp3) is 0.733. The van der Waals surface area contributed by atoms with Crippen LogP contribution in [-0.4, -0.2) is 63.0 Å². The van der Waals surface area contributed by atoms with Crippen molar-refractivity contribution in [3.05, 3.63) is 0 Å². The summed E-state index contributed by atoms with van der Waals surface area (Å²) in [5.74, 6) is -1.09. The van der Waals surface area contributed by atoms with E-state index in [-0.39, 0.29) is 38.9 Å². The van der Waals surface area contributed by atoms with Gasteiger partial charge in [0.2, 0.25) is 5.96 Å². The predicted molar refractivity (Wildman–Crippen MR) is 92.0 cm³/mol. The molecule has 11 nitrogen and oxygen atoms in total. The van der Waals surface area contributed by atoms with E-state index < -0.39 is 24.1 Å². The van der Waals surface area contributed by atoms with Gasteiger partial charge in [0.15, 0.2) is 6.61 Å². The number of ether oxygens (including phenoxy) is 3. The van der Waals surface area contributed by atoms with Crippen LogP contribution in [-0.2, 0) is 28.6 Å². The van der Waals surface area contributed by atoms with Crippen molar-refractivity contribution in [2.75, 3.05) is 33.0 Å². The Balaban J connectivity index is 4.43. The molecule has 0 saturated carbocycles. The average Bonchev–Trinajstić information content (AvgIpc) is 2.58. The van der Waals surface area contributed by atoms with E-state index in [1.807, 2.05) is 0 Å². The number of amides is 1. The monoisotopic (exact) mass is 376 g/mol. The van der Waals surface area contributed by atoms with Crippen molar-refractivity contribution in [2.24, 2.45) is 10.7 Å². The van der Waals surface area contributed by atoms with Gasteiger partial charge in [-0.3, -0.25) is 19.9 Å². The van der Waals surface area contributed by atoms with Crippen molar-refractivity contribution in [1.29, 1.82) is 0 Å². The molecule has 0 spiro atoms. The van der Waals surface area contributed by atoms with Gasteiger partial charge in [0, 0.05) is 6.54 Å². The molecular weight excluding hydrogens is 348 g/mol. The number of aliphatic imine (C=N–C) groups is 1. The molecule has 0 aromatic rings. The van der Waals surface area contributed by atoms with Gasteiger partial charge in [-0.1, -0.05) is 0 Å². The maximum absolute atomic E-state index is 11.5. The molecule has 150 valence electrons. The van der Waals surface area contributed by atoms with Gasteiger partial charge in [0.05, 0.1) is 19.8 Å². The van der Waals surface area contributed by atoms with E-state index in [4.69, 9.17) is 24.8 Å². The second-order valence-electron chi connectivity index (χ2n) is 4.77. The molecule has 0 aromatic heterocycles. The summed E-state index contributed by atoms with van der Waals surface area (Å²) in [4.78, 5) is 43.1. The van der Waals surface area contributed by atoms with Crippen molar-refractivity contribution < 1.29 is 33.4 Å². The highest BCUT2D eigenvalue weighted by Crippen LogP contribution is 1.98. The van der Waals surface area contributed by atoms with Crippen LogP contribution in [0.2, 0.25) is 0 Å². The summed E-state index contributed by atoms with van der Waals surface area (Å²) in [5, 5.41) is 2.33. The number of carbonyl (C=O) groups is 3. The number of nitrogens with one attached hydrogen (secondary N) is 2. The molecule has 0 heterocycles. The lowest BCUT2D eigenvalue weighted by atomic mass is 10.2. The van der Waals surface area contributed by atoms with Gasteiger partial charge in [-0.15, -0.1) is 0 Å². The van der Waals surface area contributed by atoms with E-state index in [1.165, 1.54) is 0 Å². The standard InChI is InChI=1S/C15H28N4O7/c1-4-23-12(20)10-26-19-14(18-15(22)25-6-3)17-9-7-8-11(16)13(21)24-5-2/h11H,4-10,16H2,1-3H3,(H2,17,18,19,22)/t11-/m0/s1. The number of nitrogens with zero attached hydrogens (tertiary/aromatic N) is 1. The van der Waals surface area contributed by atoms with Crippen molar-refractivity contribution >= 4 is 24.0 Å². The molecule has 1 amide bonds. The Bertz CT molecular complexity index is 471. The van der Waals surface area contributed by atoms with Gasteiger partial charge in [0.25, 0.3) is 0 Å². The highest BCUT2D eigenvalue weighted by atomic mass is 16.7. The smallest absolute Gasteiger partial charge is 0.413 e. The molecule has 0 aliphatic heterocycles. The number of esters is 2. The molecule has 0 radical (unpaired) electrons. The van der Waals surface area contributed by atoms with Crippen LogP contribution in [0.15, 0.2) is 4.99 Å². The third-order valence-corrected chi connectivity index (χ3v) is 2.69. The lowest BCUT2D eigenvalue weighted by Gasteiger charge is -2.12. The zero-order valence-electron chi connectivity index (χ0n) is 15.4. The minimum atomic E-state index is -0.736. The quantitative estimate of drug-likeness (QED) is 0.112. The number of nitrogens with two attached hydrogens (primary N) is 1. The van der Waals surface area contributed by atoms with Gasteiger partial charge >= 0.3 is 18.0 Å². The largest absolute Gasteiger partial charge is 0.465 e. The lowest BCUT2D eigenvalue weighted by Crippen LogP contribution is -2.42. The molecule has 0 aliphatic rings. The molecule has 26 heavy (non-hydrogen) atoms. The summed E-state index contributed by atoms with van der Waals surface area (Å²) in [6.45, 7) is 5.56. The zero-order valence-corrected chi connectivity index (χ0v) is 15.4. The molecule has 0 unspecified atom stereocenters. The van der Waals surface area contributed by atoms with Gasteiger partial charge in [-0.2, -0.15) is 0 Å². The second kappa shape index (κ2) is 14.9. The number of hydrogen-bond donors (Lipinski definition) is 3. The number of carbonyl (C=O) groups excluding carboxylic acids is 3. The Kier molecular flexibility index (Phi) is 13.5. The van der Waals surface area contributed by atoms with Gasteiger partial charge in [-0.05, 0) is 33.6 Å². The highest BCUT2D eigenvalue weighted by Gasteiger charge is 2.14. The lowest BCUT2D eigenvalue weighted by molar-refractivity contribution is -0.150. The van der Waals surface area contributed by atoms with Gasteiger partial charge in [-0.25, -0.2) is 15.1 Å². The van der Waals surface area contributed by atoms with Crippen LogP contribution < -0.4 is 16.5 Å². The average molecular weight is 376 g/mol. The summed E-state index contributed by atoms with van der Waals surface area (Å²) < 4.78 is 14.2. The molecule has 0 aromatic carbocycles. The third kappa shape index (κ3) is 12.0. The Morgan fingerprint density at radius 2 is 1.69 bits per heavy atom. The number of alkyl carbamates (subject to hydrolysis) is 1. The first kappa shape index (κ1) is 23.6. The van der Waals surface area contributed by atoms with Crippen LogP contribution >= 0.6 is 0 Å². The summed E-state index contributed by atoms with van der Waals surface area (Å²) >= 11 is 0. The van der Waals surface area contributed by atoms with E-state index in [2.05, 4.69) is 15.8 Å². The maximum atomic E-state index is 11.5. The number of rotatable bonds is 11. The topological polar surface area (TPSA) is 151 Å². The van der Waals surface area contributed by atoms with Crippen LogP contribution in [0.3, 0.4) is 0 Å². The third-order valence-electron chi connectivity index (χ3n) is 2.69. The first-order chi connectivity index (χ1) is 12.4. The van der Waals surface area contributed by atoms with Gasteiger partial charge in [0.1, 0.15) is 6.04 Å². The first-order valence-electron chi connectivity index (χ1n) is 8.38. The van der Waals surface area contributed by atoms with Crippen molar-refractivity contribution in [2.45, 2.75) is 39.7 Å². The van der Waals surface area contributed by atoms with E-state index in [9.17, 15) is 14.4 Å².